The number of nitrogens with zero attached hydrogens (tertiary/aromatic N) is 2. The molecule has 172 valence electrons. The van der Waals surface area contributed by atoms with E-state index in [1.54, 1.807) is 0 Å². The highest BCUT2D eigenvalue weighted by molar-refractivity contribution is 5.81. The monoisotopic (exact) mass is 437 g/mol. The highest BCUT2D eigenvalue weighted by Crippen LogP contribution is 2.42. The summed E-state index contributed by atoms with van der Waals surface area (Å²) in [7, 11) is 2.30. The number of hydrogen-bond donors (Lipinski definition) is 1. The van der Waals surface area contributed by atoms with Crippen LogP contribution >= 0.6 is 0 Å². The lowest BCUT2D eigenvalue weighted by Crippen LogP contribution is -2.53. The zero-order valence-electron chi connectivity index (χ0n) is 19.3. The fourth-order valence-corrected chi connectivity index (χ4v) is 5.49. The molecule has 1 aromatic heterocycles. The number of likely N-dealkylation sites (tertiary alicyclic amines) is 1. The first-order valence-corrected chi connectivity index (χ1v) is 12.2. The lowest BCUT2D eigenvalue weighted by Gasteiger charge is -2.41. The van der Waals surface area contributed by atoms with Crippen molar-refractivity contribution < 1.29 is 19.1 Å². The van der Waals surface area contributed by atoms with Gasteiger partial charge < -0.3 is 14.3 Å². The van der Waals surface area contributed by atoms with E-state index in [9.17, 15) is 9.90 Å². The van der Waals surface area contributed by atoms with Crippen molar-refractivity contribution in [1.29, 1.82) is 0 Å². The van der Waals surface area contributed by atoms with Crippen molar-refractivity contribution in [3.8, 4) is 0 Å². The first kappa shape index (κ1) is 22.9. The standard InChI is InChI=1S/C27H37N2O3/c1-29(19-9-15-24-14-7-8-18-28-24)20-16-25(17-21-29)32-26(30)27(31,23-12-5-6-13-23)22-10-3-2-4-11-22/h2-4,7-8,10-11,14,18,23,25,31H,5-6,9,12-13,15-17,19-21H2,1H3/q+1. The van der Waals surface area contributed by atoms with Gasteiger partial charge in [-0.1, -0.05) is 49.2 Å². The Morgan fingerprint density at radius 2 is 1.75 bits per heavy atom. The van der Waals surface area contributed by atoms with Gasteiger partial charge >= 0.3 is 5.97 Å². The first-order chi connectivity index (χ1) is 15.5. The molecule has 5 heteroatoms. The van der Waals surface area contributed by atoms with Gasteiger partial charge in [-0.2, -0.15) is 0 Å². The number of carbonyl (C=O) groups is 1. The molecule has 1 aliphatic carbocycles. The Morgan fingerprint density at radius 1 is 1.06 bits per heavy atom. The third kappa shape index (κ3) is 5.21. The molecule has 32 heavy (non-hydrogen) atoms. The molecule has 1 saturated heterocycles. The summed E-state index contributed by atoms with van der Waals surface area (Å²) < 4.78 is 6.99. The van der Waals surface area contributed by atoms with Crippen LogP contribution in [0.3, 0.4) is 0 Å². The molecule has 4 rings (SSSR count). The lowest BCUT2D eigenvalue weighted by molar-refractivity contribution is -0.915. The molecular formula is C27H37N2O3+. The van der Waals surface area contributed by atoms with E-state index < -0.39 is 11.6 Å². The molecule has 2 fully saturated rings. The van der Waals surface area contributed by atoms with Gasteiger partial charge in [-0.15, -0.1) is 0 Å². The van der Waals surface area contributed by atoms with Gasteiger partial charge in [0.2, 0.25) is 0 Å². The minimum atomic E-state index is -1.53. The second kappa shape index (κ2) is 10.1. The molecule has 5 nitrogen and oxygen atoms in total. The van der Waals surface area contributed by atoms with Crippen LogP contribution in [0.25, 0.3) is 0 Å². The average molecular weight is 438 g/mol. The summed E-state index contributed by atoms with van der Waals surface area (Å²) in [5, 5.41) is 11.6. The number of hydrogen-bond acceptors (Lipinski definition) is 4. The van der Waals surface area contributed by atoms with Gasteiger partial charge in [0.15, 0.2) is 5.60 Å². The third-order valence-electron chi connectivity index (χ3n) is 7.58. The van der Waals surface area contributed by atoms with Crippen LogP contribution in [0.4, 0.5) is 0 Å². The molecule has 1 aliphatic heterocycles. The number of aliphatic hydroxyl groups is 1. The molecule has 2 heterocycles. The van der Waals surface area contributed by atoms with E-state index in [0.717, 1.165) is 81.2 Å². The number of aryl methyl sites for hydroxylation is 1. The van der Waals surface area contributed by atoms with Crippen LogP contribution < -0.4 is 0 Å². The summed E-state index contributed by atoms with van der Waals surface area (Å²) in [4.78, 5) is 17.7. The third-order valence-corrected chi connectivity index (χ3v) is 7.58. The fourth-order valence-electron chi connectivity index (χ4n) is 5.49. The number of aromatic nitrogens is 1. The summed E-state index contributed by atoms with van der Waals surface area (Å²) in [5.74, 6) is -0.513. The lowest BCUT2D eigenvalue weighted by atomic mass is 9.80. The highest BCUT2D eigenvalue weighted by Gasteiger charge is 2.49. The number of ether oxygens (including phenoxy) is 1. The van der Waals surface area contributed by atoms with E-state index in [4.69, 9.17) is 4.74 Å². The predicted molar refractivity (Wildman–Crippen MR) is 125 cm³/mol. The molecular weight excluding hydrogens is 400 g/mol. The van der Waals surface area contributed by atoms with Crippen molar-refractivity contribution in [2.75, 3.05) is 26.7 Å². The maximum atomic E-state index is 13.3. The largest absolute Gasteiger partial charge is 0.460 e. The number of esters is 1. The Hall–Kier alpha value is -2.24. The molecule has 0 bridgehead atoms. The molecule has 1 saturated carbocycles. The topological polar surface area (TPSA) is 59.4 Å². The molecule has 2 aliphatic rings. The second-order valence-electron chi connectivity index (χ2n) is 9.93. The van der Waals surface area contributed by atoms with Crippen LogP contribution in [0.5, 0.6) is 0 Å². The molecule has 1 aromatic carbocycles. The molecule has 1 unspecified atom stereocenters. The van der Waals surface area contributed by atoms with Gasteiger partial charge in [-0.25, -0.2) is 4.79 Å². The Balaban J connectivity index is 1.32. The van der Waals surface area contributed by atoms with Gasteiger partial charge in [0, 0.05) is 37.1 Å². The van der Waals surface area contributed by atoms with Crippen LogP contribution in [-0.2, 0) is 21.6 Å². The van der Waals surface area contributed by atoms with Crippen molar-refractivity contribution in [2.24, 2.45) is 5.92 Å². The Morgan fingerprint density at radius 3 is 2.41 bits per heavy atom. The maximum absolute atomic E-state index is 13.3. The summed E-state index contributed by atoms with van der Waals surface area (Å²) >= 11 is 0. The van der Waals surface area contributed by atoms with Crippen LogP contribution in [0.1, 0.15) is 56.2 Å². The number of piperidine rings is 1. The van der Waals surface area contributed by atoms with Gasteiger partial charge in [0.1, 0.15) is 6.10 Å². The number of quaternary nitrogens is 1. The van der Waals surface area contributed by atoms with Crippen molar-refractivity contribution in [3.63, 3.8) is 0 Å². The fraction of sp³-hybridized carbons (Fsp3) is 0.556. The number of carbonyl (C=O) groups excluding carboxylic acids is 1. The highest BCUT2D eigenvalue weighted by atomic mass is 16.6. The Labute approximate surface area is 192 Å². The molecule has 0 radical (unpaired) electrons. The van der Waals surface area contributed by atoms with Gasteiger partial charge in [-0.05, 0) is 37.0 Å². The quantitative estimate of drug-likeness (QED) is 0.496. The van der Waals surface area contributed by atoms with E-state index in [1.165, 1.54) is 0 Å². The summed E-state index contributed by atoms with van der Waals surface area (Å²) in [6.07, 6.45) is 9.41. The van der Waals surface area contributed by atoms with E-state index in [0.29, 0.717) is 5.56 Å². The van der Waals surface area contributed by atoms with Crippen LogP contribution in [0.2, 0.25) is 0 Å². The van der Waals surface area contributed by atoms with E-state index in [1.807, 2.05) is 48.7 Å². The minimum Gasteiger partial charge on any atom is -0.460 e. The van der Waals surface area contributed by atoms with Gasteiger partial charge in [0.05, 0.1) is 26.7 Å². The first-order valence-electron chi connectivity index (χ1n) is 12.2. The van der Waals surface area contributed by atoms with Gasteiger partial charge in [-0.3, -0.25) is 4.98 Å². The van der Waals surface area contributed by atoms with Crippen molar-refractivity contribution in [2.45, 2.75) is 63.1 Å². The van der Waals surface area contributed by atoms with Crippen molar-refractivity contribution >= 4 is 5.97 Å². The summed E-state index contributed by atoms with van der Waals surface area (Å²) in [6, 6.07) is 15.5. The average Bonchev–Trinajstić information content (AvgIpc) is 3.37. The van der Waals surface area contributed by atoms with E-state index in [-0.39, 0.29) is 12.0 Å². The smallest absolute Gasteiger partial charge is 0.343 e. The normalized spacial score (nSPS) is 25.9. The zero-order chi connectivity index (χ0) is 22.4. The SMILES string of the molecule is C[N+]1(CCCc2ccccn2)CCC(OC(=O)C(O)(c2ccccc2)C2CCCC2)CC1. The number of pyridine rings is 1. The molecule has 2 aromatic rings. The number of rotatable bonds is 8. The van der Waals surface area contributed by atoms with E-state index in [2.05, 4.69) is 18.1 Å². The second-order valence-corrected chi connectivity index (χ2v) is 9.93. The summed E-state index contributed by atoms with van der Waals surface area (Å²) in [5.41, 5.74) is 0.286. The van der Waals surface area contributed by atoms with Crippen molar-refractivity contribution in [1.82, 2.24) is 4.98 Å². The summed E-state index contributed by atoms with van der Waals surface area (Å²) in [6.45, 7) is 3.09. The maximum Gasteiger partial charge on any atom is 0.343 e. The van der Waals surface area contributed by atoms with E-state index >= 15 is 0 Å². The number of benzene rings is 1. The Bertz CT molecular complexity index is 859. The Kier molecular flexibility index (Phi) is 7.27. The van der Waals surface area contributed by atoms with Crippen molar-refractivity contribution in [3.05, 3.63) is 66.0 Å². The van der Waals surface area contributed by atoms with Gasteiger partial charge in [0.25, 0.3) is 0 Å². The molecule has 1 atom stereocenters. The minimum absolute atomic E-state index is 0.0615. The molecule has 0 amide bonds. The predicted octanol–water partition coefficient (Wildman–Crippen LogP) is 4.24. The molecule has 0 spiro atoms. The van der Waals surface area contributed by atoms with Crippen LogP contribution in [0, 0.1) is 5.92 Å². The van der Waals surface area contributed by atoms with Crippen LogP contribution in [0.15, 0.2) is 54.7 Å². The van der Waals surface area contributed by atoms with Crippen LogP contribution in [-0.4, -0.2) is 53.3 Å². The molecule has 1 N–H and O–H groups in total. The zero-order valence-corrected chi connectivity index (χ0v) is 19.3.